The van der Waals surface area contributed by atoms with Crippen LogP contribution < -0.4 is 5.32 Å². The fourth-order valence-corrected chi connectivity index (χ4v) is 1.81. The van der Waals surface area contributed by atoms with Crippen LogP contribution in [0.25, 0.3) is 0 Å². The molecule has 5 heteroatoms. The number of amides is 1. The van der Waals surface area contributed by atoms with Crippen molar-refractivity contribution in [3.8, 4) is 5.75 Å². The standard InChI is InChI=1S/C16H14FNO3/c17-13-10-12(19)6-7-14(13)18-16(21)9-8-15(20)11-4-2-1-3-5-11/h1-7,10,19H,8-9H2,(H,18,21). The number of benzene rings is 2. The molecule has 0 saturated carbocycles. The van der Waals surface area contributed by atoms with E-state index in [1.807, 2.05) is 0 Å². The first-order chi connectivity index (χ1) is 10.1. The number of aromatic hydroxyl groups is 1. The molecule has 0 atom stereocenters. The molecule has 2 aromatic rings. The largest absolute Gasteiger partial charge is 0.508 e. The fourth-order valence-electron chi connectivity index (χ4n) is 1.81. The quantitative estimate of drug-likeness (QED) is 0.656. The average molecular weight is 287 g/mol. The maximum atomic E-state index is 13.4. The molecular weight excluding hydrogens is 273 g/mol. The van der Waals surface area contributed by atoms with Crippen LogP contribution in [-0.4, -0.2) is 16.8 Å². The van der Waals surface area contributed by atoms with Crippen LogP contribution in [0.2, 0.25) is 0 Å². The number of hydrogen-bond acceptors (Lipinski definition) is 3. The first kappa shape index (κ1) is 14.7. The maximum Gasteiger partial charge on any atom is 0.224 e. The number of ketones is 1. The van der Waals surface area contributed by atoms with E-state index in [1.165, 1.54) is 12.1 Å². The van der Waals surface area contributed by atoms with Crippen molar-refractivity contribution in [1.29, 1.82) is 0 Å². The average Bonchev–Trinajstić information content (AvgIpc) is 2.48. The van der Waals surface area contributed by atoms with Gasteiger partial charge in [-0.2, -0.15) is 0 Å². The van der Waals surface area contributed by atoms with Gasteiger partial charge in [-0.3, -0.25) is 9.59 Å². The van der Waals surface area contributed by atoms with Gasteiger partial charge in [-0.15, -0.1) is 0 Å². The van der Waals surface area contributed by atoms with E-state index < -0.39 is 11.7 Å². The van der Waals surface area contributed by atoms with E-state index in [0.717, 1.165) is 6.07 Å². The van der Waals surface area contributed by atoms with Gasteiger partial charge in [0.2, 0.25) is 5.91 Å². The highest BCUT2D eigenvalue weighted by molar-refractivity contribution is 6.00. The van der Waals surface area contributed by atoms with E-state index in [9.17, 15) is 14.0 Å². The summed E-state index contributed by atoms with van der Waals surface area (Å²) in [6.45, 7) is 0. The summed E-state index contributed by atoms with van der Waals surface area (Å²) in [4.78, 5) is 23.5. The Bertz CT molecular complexity index is 656. The Morgan fingerprint density at radius 3 is 2.43 bits per heavy atom. The molecule has 0 aliphatic heterocycles. The van der Waals surface area contributed by atoms with Crippen molar-refractivity contribution in [2.75, 3.05) is 5.32 Å². The number of halogens is 1. The summed E-state index contributed by atoms with van der Waals surface area (Å²) in [5.74, 6) is -1.54. The van der Waals surface area contributed by atoms with Crippen molar-refractivity contribution in [3.63, 3.8) is 0 Å². The third-order valence-electron chi connectivity index (χ3n) is 2.90. The lowest BCUT2D eigenvalue weighted by Crippen LogP contribution is -2.14. The van der Waals surface area contributed by atoms with Gasteiger partial charge in [0.15, 0.2) is 5.78 Å². The predicted octanol–water partition coefficient (Wildman–Crippen LogP) is 3.13. The van der Waals surface area contributed by atoms with Crippen molar-refractivity contribution in [2.45, 2.75) is 12.8 Å². The third-order valence-corrected chi connectivity index (χ3v) is 2.90. The smallest absolute Gasteiger partial charge is 0.224 e. The summed E-state index contributed by atoms with van der Waals surface area (Å²) < 4.78 is 13.4. The number of rotatable bonds is 5. The van der Waals surface area contributed by atoms with E-state index in [4.69, 9.17) is 5.11 Å². The summed E-state index contributed by atoms with van der Waals surface area (Å²) in [7, 11) is 0. The van der Waals surface area contributed by atoms with Crippen molar-refractivity contribution in [3.05, 3.63) is 59.9 Å². The normalized spacial score (nSPS) is 10.1. The summed E-state index contributed by atoms with van der Waals surface area (Å²) in [5, 5.41) is 11.4. The second-order valence-corrected chi connectivity index (χ2v) is 4.50. The van der Waals surface area contributed by atoms with E-state index in [0.29, 0.717) is 5.56 Å². The molecule has 0 saturated heterocycles. The molecular formula is C16H14FNO3. The Labute approximate surface area is 121 Å². The van der Waals surface area contributed by atoms with E-state index >= 15 is 0 Å². The zero-order valence-electron chi connectivity index (χ0n) is 11.2. The molecule has 2 N–H and O–H groups in total. The highest BCUT2D eigenvalue weighted by Crippen LogP contribution is 2.19. The van der Waals surface area contributed by atoms with Crippen LogP contribution in [-0.2, 0) is 4.79 Å². The minimum Gasteiger partial charge on any atom is -0.508 e. The number of nitrogens with one attached hydrogen (secondary N) is 1. The molecule has 0 bridgehead atoms. The van der Waals surface area contributed by atoms with Gasteiger partial charge in [-0.05, 0) is 12.1 Å². The number of hydrogen-bond donors (Lipinski definition) is 2. The SMILES string of the molecule is O=C(CCC(=O)c1ccccc1)Nc1ccc(O)cc1F. The number of phenols is 1. The molecule has 21 heavy (non-hydrogen) atoms. The molecule has 2 rings (SSSR count). The Balaban J connectivity index is 1.89. The number of Topliss-reactive ketones (excluding diaryl/α,β-unsaturated/α-hetero) is 1. The maximum absolute atomic E-state index is 13.4. The Kier molecular flexibility index (Phi) is 4.66. The Hall–Kier alpha value is -2.69. The van der Waals surface area contributed by atoms with Crippen molar-refractivity contribution in [2.24, 2.45) is 0 Å². The number of anilines is 1. The molecule has 0 spiro atoms. The Morgan fingerprint density at radius 1 is 1.05 bits per heavy atom. The third kappa shape index (κ3) is 4.14. The summed E-state index contributed by atoms with van der Waals surface area (Å²) >= 11 is 0. The second kappa shape index (κ2) is 6.65. The van der Waals surface area contributed by atoms with Gasteiger partial charge in [-0.25, -0.2) is 4.39 Å². The molecule has 0 unspecified atom stereocenters. The van der Waals surface area contributed by atoms with Crippen LogP contribution in [0.3, 0.4) is 0 Å². The molecule has 0 fully saturated rings. The predicted molar refractivity (Wildman–Crippen MR) is 76.7 cm³/mol. The lowest BCUT2D eigenvalue weighted by Gasteiger charge is -2.06. The molecule has 1 amide bonds. The van der Waals surface area contributed by atoms with Crippen LogP contribution in [0, 0.1) is 5.82 Å². The van der Waals surface area contributed by atoms with E-state index in [-0.39, 0.29) is 30.1 Å². The monoisotopic (exact) mass is 287 g/mol. The molecule has 0 aliphatic rings. The van der Waals surface area contributed by atoms with Gasteiger partial charge < -0.3 is 10.4 Å². The second-order valence-electron chi connectivity index (χ2n) is 4.50. The zero-order chi connectivity index (χ0) is 15.2. The molecule has 2 aromatic carbocycles. The molecule has 0 heterocycles. The fraction of sp³-hybridized carbons (Fsp3) is 0.125. The van der Waals surface area contributed by atoms with Gasteiger partial charge >= 0.3 is 0 Å². The molecule has 0 aromatic heterocycles. The molecule has 0 aliphatic carbocycles. The van der Waals surface area contributed by atoms with Crippen LogP contribution in [0.1, 0.15) is 23.2 Å². The van der Waals surface area contributed by atoms with Gasteiger partial charge in [0, 0.05) is 24.5 Å². The van der Waals surface area contributed by atoms with Gasteiger partial charge in [0.1, 0.15) is 11.6 Å². The first-order valence-electron chi connectivity index (χ1n) is 6.43. The number of carbonyl (C=O) groups is 2. The Morgan fingerprint density at radius 2 is 1.76 bits per heavy atom. The van der Waals surface area contributed by atoms with E-state index in [2.05, 4.69) is 5.32 Å². The minimum absolute atomic E-state index is 0.0232. The zero-order valence-corrected chi connectivity index (χ0v) is 11.2. The van der Waals surface area contributed by atoms with Gasteiger partial charge in [0.25, 0.3) is 0 Å². The minimum atomic E-state index is -0.724. The number of phenolic OH excluding ortho intramolecular Hbond substituents is 1. The van der Waals surface area contributed by atoms with Crippen LogP contribution in [0.15, 0.2) is 48.5 Å². The van der Waals surface area contributed by atoms with Gasteiger partial charge in [-0.1, -0.05) is 30.3 Å². The highest BCUT2D eigenvalue weighted by atomic mass is 19.1. The van der Waals surface area contributed by atoms with Crippen LogP contribution in [0.4, 0.5) is 10.1 Å². The molecule has 0 radical (unpaired) electrons. The van der Waals surface area contributed by atoms with Crippen molar-refractivity contribution < 1.29 is 19.1 Å². The first-order valence-corrected chi connectivity index (χ1v) is 6.43. The summed E-state index contributed by atoms with van der Waals surface area (Å²) in [6, 6.07) is 12.1. The topological polar surface area (TPSA) is 66.4 Å². The summed E-state index contributed by atoms with van der Waals surface area (Å²) in [6.07, 6.45) is 0.0175. The van der Waals surface area contributed by atoms with Crippen molar-refractivity contribution >= 4 is 17.4 Å². The number of carbonyl (C=O) groups excluding carboxylic acids is 2. The highest BCUT2D eigenvalue weighted by Gasteiger charge is 2.11. The molecule has 4 nitrogen and oxygen atoms in total. The van der Waals surface area contributed by atoms with Gasteiger partial charge in [0.05, 0.1) is 5.69 Å². The lowest BCUT2D eigenvalue weighted by molar-refractivity contribution is -0.116. The summed E-state index contributed by atoms with van der Waals surface area (Å²) in [5.41, 5.74) is 0.520. The van der Waals surface area contributed by atoms with Crippen LogP contribution >= 0.6 is 0 Å². The lowest BCUT2D eigenvalue weighted by atomic mass is 10.1. The van der Waals surface area contributed by atoms with Crippen molar-refractivity contribution in [1.82, 2.24) is 0 Å². The molecule has 108 valence electrons. The van der Waals surface area contributed by atoms with Crippen LogP contribution in [0.5, 0.6) is 5.75 Å². The van der Waals surface area contributed by atoms with E-state index in [1.54, 1.807) is 30.3 Å².